The van der Waals surface area contributed by atoms with Gasteiger partial charge in [0.05, 0.1) is 5.52 Å². The van der Waals surface area contributed by atoms with Crippen molar-refractivity contribution in [3.05, 3.63) is 54.2 Å². The average molecular weight is 235 g/mol. The lowest BCUT2D eigenvalue weighted by Crippen LogP contribution is -2.13. The van der Waals surface area contributed by atoms with E-state index in [0.29, 0.717) is 0 Å². The van der Waals surface area contributed by atoms with Crippen LogP contribution in [0.1, 0.15) is 26.5 Å². The number of nitrogens with zero attached hydrogens (tertiary/aromatic N) is 1. The van der Waals surface area contributed by atoms with Crippen LogP contribution in [-0.2, 0) is 5.41 Å². The first-order chi connectivity index (χ1) is 8.54. The van der Waals surface area contributed by atoms with Crippen molar-refractivity contribution in [3.8, 4) is 0 Å². The third kappa shape index (κ3) is 1.86. The highest BCUT2D eigenvalue weighted by atomic mass is 14.7. The standard InChI is InChI=1S/C17H17N/c1-17(2,3)16-9-8-14-10-12-6-4-5-7-13(12)11-15(14)18-16/h4-11H,1-3H3. The van der Waals surface area contributed by atoms with Gasteiger partial charge in [-0.15, -0.1) is 0 Å². The third-order valence-electron chi connectivity index (χ3n) is 3.33. The van der Waals surface area contributed by atoms with Gasteiger partial charge in [0.2, 0.25) is 0 Å². The minimum atomic E-state index is 0.0971. The Labute approximate surface area is 107 Å². The highest BCUT2D eigenvalue weighted by Crippen LogP contribution is 2.26. The molecule has 2 aromatic carbocycles. The first-order valence-corrected chi connectivity index (χ1v) is 6.34. The number of hydrogen-bond acceptors (Lipinski definition) is 1. The number of fused-ring (bicyclic) bond motifs is 2. The highest BCUT2D eigenvalue weighted by molar-refractivity contribution is 5.96. The van der Waals surface area contributed by atoms with E-state index < -0.39 is 0 Å². The third-order valence-corrected chi connectivity index (χ3v) is 3.33. The molecule has 0 aliphatic carbocycles. The highest BCUT2D eigenvalue weighted by Gasteiger charge is 2.15. The monoisotopic (exact) mass is 235 g/mol. The van der Waals surface area contributed by atoms with Gasteiger partial charge in [-0.2, -0.15) is 0 Å². The fraction of sp³-hybridized carbons (Fsp3) is 0.235. The molecule has 0 aliphatic heterocycles. The van der Waals surface area contributed by atoms with Crippen molar-refractivity contribution >= 4 is 21.7 Å². The maximum Gasteiger partial charge on any atom is 0.0711 e. The van der Waals surface area contributed by atoms with E-state index in [0.717, 1.165) is 11.2 Å². The first-order valence-electron chi connectivity index (χ1n) is 6.34. The van der Waals surface area contributed by atoms with Gasteiger partial charge in [-0.3, -0.25) is 4.98 Å². The van der Waals surface area contributed by atoms with Gasteiger partial charge in [-0.25, -0.2) is 0 Å². The van der Waals surface area contributed by atoms with Crippen LogP contribution in [0.25, 0.3) is 21.7 Å². The SMILES string of the molecule is CC(C)(C)c1ccc2cc3ccccc3cc2n1. The molecule has 90 valence electrons. The van der Waals surface area contributed by atoms with Crippen LogP contribution in [0.3, 0.4) is 0 Å². The van der Waals surface area contributed by atoms with Crippen molar-refractivity contribution in [2.45, 2.75) is 26.2 Å². The summed E-state index contributed by atoms with van der Waals surface area (Å²) in [6, 6.07) is 17.1. The molecule has 1 nitrogen and oxygen atoms in total. The van der Waals surface area contributed by atoms with Crippen LogP contribution < -0.4 is 0 Å². The first kappa shape index (κ1) is 11.2. The summed E-state index contributed by atoms with van der Waals surface area (Å²) in [5.41, 5.74) is 2.33. The van der Waals surface area contributed by atoms with Crippen LogP contribution >= 0.6 is 0 Å². The lowest BCUT2D eigenvalue weighted by atomic mass is 9.91. The van der Waals surface area contributed by atoms with Gasteiger partial charge >= 0.3 is 0 Å². The minimum absolute atomic E-state index is 0.0971. The lowest BCUT2D eigenvalue weighted by molar-refractivity contribution is 0.571. The van der Waals surface area contributed by atoms with Crippen LogP contribution in [0.15, 0.2) is 48.5 Å². The Morgan fingerprint density at radius 1 is 0.778 bits per heavy atom. The van der Waals surface area contributed by atoms with Crippen molar-refractivity contribution < 1.29 is 0 Å². The van der Waals surface area contributed by atoms with E-state index in [4.69, 9.17) is 4.98 Å². The molecular weight excluding hydrogens is 218 g/mol. The molecule has 3 aromatic rings. The molecule has 0 radical (unpaired) electrons. The Hall–Kier alpha value is -1.89. The molecule has 0 N–H and O–H groups in total. The Kier molecular flexibility index (Phi) is 2.37. The van der Waals surface area contributed by atoms with Gasteiger partial charge < -0.3 is 0 Å². The van der Waals surface area contributed by atoms with Crippen LogP contribution in [-0.4, -0.2) is 4.98 Å². The fourth-order valence-corrected chi connectivity index (χ4v) is 2.23. The van der Waals surface area contributed by atoms with Crippen LogP contribution in [0.2, 0.25) is 0 Å². The Balaban J connectivity index is 2.31. The van der Waals surface area contributed by atoms with Gasteiger partial charge in [-0.1, -0.05) is 51.1 Å². The van der Waals surface area contributed by atoms with Gasteiger partial charge in [0.25, 0.3) is 0 Å². The van der Waals surface area contributed by atoms with Gasteiger partial charge in [0, 0.05) is 16.5 Å². The zero-order valence-electron chi connectivity index (χ0n) is 11.1. The van der Waals surface area contributed by atoms with E-state index in [2.05, 4.69) is 69.3 Å². The van der Waals surface area contributed by atoms with Gasteiger partial charge in [-0.05, 0) is 29.0 Å². The Morgan fingerprint density at radius 3 is 2.11 bits per heavy atom. The van der Waals surface area contributed by atoms with Crippen molar-refractivity contribution in [1.82, 2.24) is 4.98 Å². The Morgan fingerprint density at radius 2 is 1.44 bits per heavy atom. The second-order valence-electron chi connectivity index (χ2n) is 5.84. The van der Waals surface area contributed by atoms with E-state index in [1.807, 2.05) is 0 Å². The second-order valence-corrected chi connectivity index (χ2v) is 5.84. The Bertz CT molecular complexity index is 720. The molecule has 0 fully saturated rings. The van der Waals surface area contributed by atoms with Gasteiger partial charge in [0.15, 0.2) is 0 Å². The molecule has 1 heteroatoms. The minimum Gasteiger partial charge on any atom is -0.252 e. The van der Waals surface area contributed by atoms with E-state index in [9.17, 15) is 0 Å². The molecule has 0 unspecified atom stereocenters. The second kappa shape index (κ2) is 3.81. The van der Waals surface area contributed by atoms with E-state index in [-0.39, 0.29) is 5.41 Å². The summed E-state index contributed by atoms with van der Waals surface area (Å²) in [6.45, 7) is 6.59. The quantitative estimate of drug-likeness (QED) is 0.515. The molecule has 3 rings (SSSR count). The van der Waals surface area contributed by atoms with Crippen LogP contribution in [0.5, 0.6) is 0 Å². The summed E-state index contributed by atoms with van der Waals surface area (Å²) in [4.78, 5) is 4.80. The summed E-state index contributed by atoms with van der Waals surface area (Å²) in [5, 5.41) is 3.74. The van der Waals surface area contributed by atoms with E-state index in [1.54, 1.807) is 0 Å². The summed E-state index contributed by atoms with van der Waals surface area (Å²) in [5.74, 6) is 0. The number of rotatable bonds is 0. The summed E-state index contributed by atoms with van der Waals surface area (Å²) in [6.07, 6.45) is 0. The smallest absolute Gasteiger partial charge is 0.0711 e. The van der Waals surface area contributed by atoms with Crippen molar-refractivity contribution in [2.75, 3.05) is 0 Å². The van der Waals surface area contributed by atoms with Crippen LogP contribution in [0.4, 0.5) is 0 Å². The molecular formula is C17H17N. The topological polar surface area (TPSA) is 12.9 Å². The molecule has 0 atom stereocenters. The normalized spacial score (nSPS) is 12.2. The molecule has 0 bridgehead atoms. The average Bonchev–Trinajstić information content (AvgIpc) is 2.34. The fourth-order valence-electron chi connectivity index (χ4n) is 2.23. The molecule has 18 heavy (non-hydrogen) atoms. The predicted molar refractivity (Wildman–Crippen MR) is 77.9 cm³/mol. The maximum absolute atomic E-state index is 4.80. The van der Waals surface area contributed by atoms with Crippen molar-refractivity contribution in [3.63, 3.8) is 0 Å². The largest absolute Gasteiger partial charge is 0.252 e. The van der Waals surface area contributed by atoms with Gasteiger partial charge in [0.1, 0.15) is 0 Å². The molecule has 1 heterocycles. The number of pyridine rings is 1. The number of benzene rings is 2. The molecule has 0 saturated heterocycles. The lowest BCUT2D eigenvalue weighted by Gasteiger charge is -2.18. The molecule has 0 spiro atoms. The van der Waals surface area contributed by atoms with Crippen molar-refractivity contribution in [2.24, 2.45) is 0 Å². The molecule has 0 aliphatic rings. The van der Waals surface area contributed by atoms with Crippen molar-refractivity contribution in [1.29, 1.82) is 0 Å². The predicted octanol–water partition coefficient (Wildman–Crippen LogP) is 4.69. The van der Waals surface area contributed by atoms with Crippen LogP contribution in [0, 0.1) is 0 Å². The zero-order valence-corrected chi connectivity index (χ0v) is 11.1. The molecule has 0 saturated carbocycles. The number of aromatic nitrogens is 1. The molecule has 1 aromatic heterocycles. The summed E-state index contributed by atoms with van der Waals surface area (Å²) in [7, 11) is 0. The molecule has 0 amide bonds. The number of hydrogen-bond donors (Lipinski definition) is 0. The van der Waals surface area contributed by atoms with E-state index >= 15 is 0 Å². The zero-order chi connectivity index (χ0) is 12.8. The summed E-state index contributed by atoms with van der Waals surface area (Å²) < 4.78 is 0. The summed E-state index contributed by atoms with van der Waals surface area (Å²) >= 11 is 0. The van der Waals surface area contributed by atoms with E-state index in [1.165, 1.54) is 16.2 Å². The maximum atomic E-state index is 4.80.